The van der Waals surface area contributed by atoms with Gasteiger partial charge < -0.3 is 11.2 Å². The Kier molecular flexibility index (Phi) is 5.76. The second-order valence-corrected chi connectivity index (χ2v) is 8.97. The summed E-state index contributed by atoms with van der Waals surface area (Å²) in [6.45, 7) is 3.93. The lowest BCUT2D eigenvalue weighted by Crippen LogP contribution is -2.10. The van der Waals surface area contributed by atoms with Crippen molar-refractivity contribution < 1.29 is 4.79 Å². The van der Waals surface area contributed by atoms with Crippen LogP contribution >= 0.6 is 0 Å². The third-order valence-corrected chi connectivity index (χ3v) is 6.55. The minimum atomic E-state index is -0.0771. The molecule has 0 aliphatic rings. The maximum atomic E-state index is 11.8. The number of hydrogen-bond acceptors (Lipinski definition) is 7. The van der Waals surface area contributed by atoms with Crippen LogP contribution in [-0.2, 0) is 11.2 Å². The number of nitrogen functional groups attached to an aromatic ring is 1. The van der Waals surface area contributed by atoms with Crippen molar-refractivity contribution in [2.45, 2.75) is 26.7 Å². The van der Waals surface area contributed by atoms with Gasteiger partial charge in [0.15, 0.2) is 11.5 Å². The lowest BCUT2D eigenvalue weighted by molar-refractivity contribution is -0.115. The molecule has 10 heteroatoms. The van der Waals surface area contributed by atoms with Crippen molar-refractivity contribution in [1.82, 2.24) is 34.8 Å². The van der Waals surface area contributed by atoms with Gasteiger partial charge in [0.25, 0.3) is 0 Å². The van der Waals surface area contributed by atoms with E-state index in [0.717, 1.165) is 39.6 Å². The van der Waals surface area contributed by atoms with Gasteiger partial charge in [-0.3, -0.25) is 19.9 Å². The van der Waals surface area contributed by atoms with Crippen LogP contribution in [0.25, 0.3) is 55.8 Å². The number of imidazole rings is 1. The molecule has 1 amide bonds. The summed E-state index contributed by atoms with van der Waals surface area (Å²) in [6.07, 6.45) is 9.92. The molecular formula is C28H25N9O. The largest absolute Gasteiger partial charge is 0.337 e. The van der Waals surface area contributed by atoms with Gasteiger partial charge in [-0.2, -0.15) is 5.10 Å². The number of rotatable bonds is 6. The first-order valence-electron chi connectivity index (χ1n) is 12.4. The predicted molar refractivity (Wildman–Crippen MR) is 148 cm³/mol. The van der Waals surface area contributed by atoms with Gasteiger partial charge in [-0.25, -0.2) is 14.6 Å². The van der Waals surface area contributed by atoms with Crippen LogP contribution in [-0.4, -0.2) is 40.7 Å². The van der Waals surface area contributed by atoms with Crippen LogP contribution in [0.5, 0.6) is 0 Å². The van der Waals surface area contributed by atoms with E-state index in [1.165, 1.54) is 10.2 Å². The van der Waals surface area contributed by atoms with E-state index in [4.69, 9.17) is 10.8 Å². The summed E-state index contributed by atoms with van der Waals surface area (Å²) in [5.74, 6) is 6.96. The summed E-state index contributed by atoms with van der Waals surface area (Å²) in [5.41, 5.74) is 8.04. The zero-order valence-corrected chi connectivity index (χ0v) is 20.9. The third kappa shape index (κ3) is 4.01. The molecule has 0 fully saturated rings. The van der Waals surface area contributed by atoms with E-state index in [1.54, 1.807) is 31.7 Å². The number of carbonyl (C=O) groups excluding carboxylic acids is 1. The summed E-state index contributed by atoms with van der Waals surface area (Å²) in [5, 5.41) is 11.1. The molecule has 0 radical (unpaired) electrons. The first-order valence-corrected chi connectivity index (χ1v) is 12.4. The molecule has 4 N–H and O–H groups in total. The third-order valence-electron chi connectivity index (χ3n) is 6.55. The van der Waals surface area contributed by atoms with Gasteiger partial charge in [-0.1, -0.05) is 38.1 Å². The number of nitrogens with zero attached hydrogens (tertiary/aromatic N) is 6. The van der Waals surface area contributed by atoms with Crippen molar-refractivity contribution in [3.05, 3.63) is 72.9 Å². The first kappa shape index (κ1) is 23.3. The van der Waals surface area contributed by atoms with E-state index < -0.39 is 0 Å². The quantitative estimate of drug-likeness (QED) is 0.279. The Morgan fingerprint density at radius 3 is 2.68 bits per heavy atom. The highest BCUT2D eigenvalue weighted by Gasteiger charge is 2.20. The number of H-pyrrole nitrogens is 1. The number of benzene rings is 1. The van der Waals surface area contributed by atoms with E-state index in [2.05, 4.69) is 55.6 Å². The average Bonchev–Trinajstić information content (AvgIpc) is 3.53. The lowest BCUT2D eigenvalue weighted by Gasteiger charge is -2.06. The molecule has 0 unspecified atom stereocenters. The SMILES string of the molecule is CCC(=O)Nc1cncc(-c2cnc3[nH]nc(-c4nc5c(-c6cccc(CC)c6)cncc5n4N)c3c2)c1. The van der Waals surface area contributed by atoms with Crippen LogP contribution < -0.4 is 11.2 Å². The van der Waals surface area contributed by atoms with Gasteiger partial charge in [0.05, 0.1) is 23.5 Å². The fourth-order valence-electron chi connectivity index (χ4n) is 4.49. The molecule has 0 aliphatic heterocycles. The van der Waals surface area contributed by atoms with Gasteiger partial charge in [0.2, 0.25) is 5.91 Å². The fourth-order valence-corrected chi connectivity index (χ4v) is 4.49. The van der Waals surface area contributed by atoms with E-state index in [0.29, 0.717) is 34.8 Å². The molecule has 1 aromatic carbocycles. The van der Waals surface area contributed by atoms with Crippen molar-refractivity contribution in [2.75, 3.05) is 11.2 Å². The molecule has 6 aromatic rings. The topological polar surface area (TPSA) is 140 Å². The molecule has 188 valence electrons. The Balaban J connectivity index is 1.46. The summed E-state index contributed by atoms with van der Waals surface area (Å²) in [4.78, 5) is 30.0. The number of carbonyl (C=O) groups is 1. The number of nitrogens with two attached hydrogens (primary N) is 1. The molecule has 5 aromatic heterocycles. The van der Waals surface area contributed by atoms with Crippen LogP contribution in [0.4, 0.5) is 5.69 Å². The van der Waals surface area contributed by atoms with Crippen LogP contribution in [0.1, 0.15) is 25.8 Å². The molecule has 6 rings (SSSR count). The number of hydrogen-bond donors (Lipinski definition) is 3. The highest BCUT2D eigenvalue weighted by Crippen LogP contribution is 2.33. The molecule has 0 bridgehead atoms. The van der Waals surface area contributed by atoms with E-state index >= 15 is 0 Å². The Hall–Kier alpha value is -5.12. The van der Waals surface area contributed by atoms with Crippen LogP contribution in [0, 0.1) is 0 Å². The number of aromatic amines is 1. The maximum absolute atomic E-state index is 11.8. The van der Waals surface area contributed by atoms with Crippen LogP contribution in [0.3, 0.4) is 0 Å². The maximum Gasteiger partial charge on any atom is 0.224 e. The molecule has 0 atom stereocenters. The summed E-state index contributed by atoms with van der Waals surface area (Å²) in [7, 11) is 0. The summed E-state index contributed by atoms with van der Waals surface area (Å²) >= 11 is 0. The van der Waals surface area contributed by atoms with Crippen molar-refractivity contribution >= 4 is 33.7 Å². The monoisotopic (exact) mass is 503 g/mol. The number of anilines is 1. The predicted octanol–water partition coefficient (Wildman–Crippen LogP) is 4.72. The van der Waals surface area contributed by atoms with Crippen molar-refractivity contribution in [3.8, 4) is 33.8 Å². The number of aryl methyl sites for hydroxylation is 1. The molecular weight excluding hydrogens is 478 g/mol. The number of amides is 1. The fraction of sp³-hybridized carbons (Fsp3) is 0.143. The Labute approximate surface area is 218 Å². The van der Waals surface area contributed by atoms with Gasteiger partial charge in [0.1, 0.15) is 16.7 Å². The number of fused-ring (bicyclic) bond motifs is 2. The number of nitrogens with one attached hydrogen (secondary N) is 2. The highest BCUT2D eigenvalue weighted by atomic mass is 16.1. The average molecular weight is 504 g/mol. The van der Waals surface area contributed by atoms with Crippen molar-refractivity contribution in [3.63, 3.8) is 0 Å². The summed E-state index contributed by atoms with van der Waals surface area (Å²) < 4.78 is 1.51. The van der Waals surface area contributed by atoms with E-state index in [9.17, 15) is 4.79 Å². The number of pyridine rings is 3. The first-order chi connectivity index (χ1) is 18.6. The molecule has 0 spiro atoms. The van der Waals surface area contributed by atoms with E-state index in [-0.39, 0.29) is 5.91 Å². The molecule has 5 heterocycles. The second-order valence-electron chi connectivity index (χ2n) is 8.97. The molecule has 0 saturated carbocycles. The van der Waals surface area contributed by atoms with Crippen molar-refractivity contribution in [2.24, 2.45) is 0 Å². The minimum Gasteiger partial charge on any atom is -0.337 e. The van der Waals surface area contributed by atoms with Gasteiger partial charge >= 0.3 is 0 Å². The molecule has 0 saturated heterocycles. The van der Waals surface area contributed by atoms with Gasteiger partial charge in [0, 0.05) is 41.7 Å². The molecule has 10 nitrogen and oxygen atoms in total. The standard InChI is InChI=1S/C28H25N9O/c1-3-16-6-5-7-17(8-16)22-14-31-15-23-25(22)34-28(37(23)29)26-21-10-19(12-32-27(21)36-35-26)18-9-20(13-30-11-18)33-24(38)4-2/h5-15H,3-4,29H2,1-2H3,(H,33,38)(H,32,35,36). The zero-order valence-electron chi connectivity index (χ0n) is 20.9. The molecule has 38 heavy (non-hydrogen) atoms. The Bertz CT molecular complexity index is 1820. The zero-order chi connectivity index (χ0) is 26.2. The van der Waals surface area contributed by atoms with Gasteiger partial charge in [-0.15, -0.1) is 0 Å². The number of aromatic nitrogens is 7. The second kappa shape index (κ2) is 9.40. The Morgan fingerprint density at radius 1 is 1.00 bits per heavy atom. The Morgan fingerprint density at radius 2 is 1.84 bits per heavy atom. The van der Waals surface area contributed by atoms with Crippen LogP contribution in [0.2, 0.25) is 0 Å². The van der Waals surface area contributed by atoms with Crippen LogP contribution in [0.15, 0.2) is 67.4 Å². The molecule has 0 aliphatic carbocycles. The van der Waals surface area contributed by atoms with E-state index in [1.807, 2.05) is 24.4 Å². The minimum absolute atomic E-state index is 0.0771. The van der Waals surface area contributed by atoms with Gasteiger partial charge in [-0.05, 0) is 29.7 Å². The highest BCUT2D eigenvalue weighted by molar-refractivity contribution is 5.97. The van der Waals surface area contributed by atoms with Crippen molar-refractivity contribution in [1.29, 1.82) is 0 Å². The lowest BCUT2D eigenvalue weighted by atomic mass is 10.0. The normalized spacial score (nSPS) is 11.3. The smallest absolute Gasteiger partial charge is 0.224 e. The summed E-state index contributed by atoms with van der Waals surface area (Å²) in [6, 6.07) is 12.2.